The summed E-state index contributed by atoms with van der Waals surface area (Å²) in [6.07, 6.45) is 0.573. The molecule has 0 unspecified atom stereocenters. The zero-order valence-electron chi connectivity index (χ0n) is 11.7. The first kappa shape index (κ1) is 14.6. The maximum absolute atomic E-state index is 11.4. The molecule has 0 aliphatic heterocycles. The Balaban J connectivity index is 2.29. The van der Waals surface area contributed by atoms with Crippen molar-refractivity contribution in [1.29, 1.82) is 0 Å². The van der Waals surface area contributed by atoms with Gasteiger partial charge in [0.2, 0.25) is 5.91 Å². The highest BCUT2D eigenvalue weighted by molar-refractivity contribution is 5.75. The van der Waals surface area contributed by atoms with Crippen molar-refractivity contribution in [3.63, 3.8) is 0 Å². The molecule has 0 saturated carbocycles. The van der Waals surface area contributed by atoms with Crippen LogP contribution in [0.4, 0.5) is 0 Å². The van der Waals surface area contributed by atoms with Gasteiger partial charge < -0.3 is 10.1 Å². The molecule has 100 valence electrons. The standard InChI is InChI=1S/C15H23NO2/c1-11(2)9-15(17)16-7-8-18-14-10-12(3)5-6-13(14)4/h5-6,10-11H,7-9H2,1-4H3,(H,16,17). The lowest BCUT2D eigenvalue weighted by Gasteiger charge is -2.11. The van der Waals surface area contributed by atoms with Crippen LogP contribution in [0.3, 0.4) is 0 Å². The largest absolute Gasteiger partial charge is 0.491 e. The molecule has 0 radical (unpaired) electrons. The van der Waals surface area contributed by atoms with Crippen molar-refractivity contribution in [1.82, 2.24) is 5.32 Å². The smallest absolute Gasteiger partial charge is 0.220 e. The number of ether oxygens (including phenoxy) is 1. The molecular formula is C15H23NO2. The summed E-state index contributed by atoms with van der Waals surface area (Å²) in [6.45, 7) is 9.19. The van der Waals surface area contributed by atoms with Gasteiger partial charge in [-0.05, 0) is 37.0 Å². The van der Waals surface area contributed by atoms with Crippen molar-refractivity contribution in [3.8, 4) is 5.75 Å². The fraction of sp³-hybridized carbons (Fsp3) is 0.533. The van der Waals surface area contributed by atoms with Gasteiger partial charge in [0, 0.05) is 6.42 Å². The van der Waals surface area contributed by atoms with E-state index in [1.54, 1.807) is 0 Å². The fourth-order valence-electron chi connectivity index (χ4n) is 1.66. The first-order valence-electron chi connectivity index (χ1n) is 6.46. The van der Waals surface area contributed by atoms with E-state index in [2.05, 4.69) is 11.4 Å². The van der Waals surface area contributed by atoms with Crippen LogP contribution in [0.25, 0.3) is 0 Å². The van der Waals surface area contributed by atoms with Crippen molar-refractivity contribution in [3.05, 3.63) is 29.3 Å². The number of hydrogen-bond donors (Lipinski definition) is 1. The maximum Gasteiger partial charge on any atom is 0.220 e. The molecular weight excluding hydrogens is 226 g/mol. The SMILES string of the molecule is Cc1ccc(C)c(OCCNC(=O)CC(C)C)c1. The van der Waals surface area contributed by atoms with Crippen LogP contribution in [0.1, 0.15) is 31.4 Å². The summed E-state index contributed by atoms with van der Waals surface area (Å²) in [5.41, 5.74) is 2.30. The van der Waals surface area contributed by atoms with Crippen LogP contribution in [-0.4, -0.2) is 19.1 Å². The van der Waals surface area contributed by atoms with Crippen LogP contribution >= 0.6 is 0 Å². The highest BCUT2D eigenvalue weighted by atomic mass is 16.5. The van der Waals surface area contributed by atoms with E-state index >= 15 is 0 Å². The number of rotatable bonds is 6. The number of hydrogen-bond acceptors (Lipinski definition) is 2. The summed E-state index contributed by atoms with van der Waals surface area (Å²) in [4.78, 5) is 11.4. The predicted octanol–water partition coefficient (Wildman–Crippen LogP) is 2.84. The van der Waals surface area contributed by atoms with E-state index < -0.39 is 0 Å². The Labute approximate surface area is 110 Å². The summed E-state index contributed by atoms with van der Waals surface area (Å²) in [5.74, 6) is 1.38. The van der Waals surface area contributed by atoms with E-state index in [0.717, 1.165) is 11.3 Å². The van der Waals surface area contributed by atoms with Gasteiger partial charge in [-0.3, -0.25) is 4.79 Å². The molecule has 1 N–H and O–H groups in total. The number of carbonyl (C=O) groups excluding carboxylic acids is 1. The highest BCUT2D eigenvalue weighted by Gasteiger charge is 2.04. The summed E-state index contributed by atoms with van der Waals surface area (Å²) in [6, 6.07) is 6.12. The Kier molecular flexibility index (Phi) is 5.69. The normalized spacial score (nSPS) is 10.5. The van der Waals surface area contributed by atoms with E-state index in [-0.39, 0.29) is 5.91 Å². The molecule has 1 aromatic carbocycles. The Morgan fingerprint density at radius 3 is 2.72 bits per heavy atom. The van der Waals surface area contributed by atoms with E-state index in [4.69, 9.17) is 4.74 Å². The third-order valence-corrected chi connectivity index (χ3v) is 2.62. The van der Waals surface area contributed by atoms with E-state index in [9.17, 15) is 4.79 Å². The first-order valence-corrected chi connectivity index (χ1v) is 6.46. The van der Waals surface area contributed by atoms with Gasteiger partial charge in [0.25, 0.3) is 0 Å². The van der Waals surface area contributed by atoms with Gasteiger partial charge in [0.15, 0.2) is 0 Å². The second-order valence-electron chi connectivity index (χ2n) is 5.07. The number of carbonyl (C=O) groups is 1. The van der Waals surface area contributed by atoms with Gasteiger partial charge in [-0.25, -0.2) is 0 Å². The number of amides is 1. The predicted molar refractivity (Wildman–Crippen MR) is 73.9 cm³/mol. The van der Waals surface area contributed by atoms with Crippen LogP contribution in [0.5, 0.6) is 5.75 Å². The van der Waals surface area contributed by atoms with E-state index in [1.807, 2.05) is 39.8 Å². The highest BCUT2D eigenvalue weighted by Crippen LogP contribution is 2.18. The molecule has 1 aromatic rings. The molecule has 0 atom stereocenters. The monoisotopic (exact) mass is 249 g/mol. The van der Waals surface area contributed by atoms with Crippen molar-refractivity contribution in [2.24, 2.45) is 5.92 Å². The molecule has 18 heavy (non-hydrogen) atoms. The average molecular weight is 249 g/mol. The van der Waals surface area contributed by atoms with Crippen molar-refractivity contribution in [2.75, 3.05) is 13.2 Å². The van der Waals surface area contributed by atoms with Gasteiger partial charge in [-0.1, -0.05) is 26.0 Å². The Morgan fingerprint density at radius 1 is 1.33 bits per heavy atom. The molecule has 1 rings (SSSR count). The molecule has 1 amide bonds. The minimum Gasteiger partial charge on any atom is -0.491 e. The molecule has 0 heterocycles. The summed E-state index contributed by atoms with van der Waals surface area (Å²) < 4.78 is 5.66. The molecule has 0 spiro atoms. The van der Waals surface area contributed by atoms with Crippen LogP contribution < -0.4 is 10.1 Å². The quantitative estimate of drug-likeness (QED) is 0.787. The molecule has 0 aliphatic rings. The van der Waals surface area contributed by atoms with E-state index in [1.165, 1.54) is 5.56 Å². The van der Waals surface area contributed by atoms with Crippen molar-refractivity contribution >= 4 is 5.91 Å². The zero-order valence-corrected chi connectivity index (χ0v) is 11.7. The lowest BCUT2D eigenvalue weighted by atomic mass is 10.1. The molecule has 3 heteroatoms. The maximum atomic E-state index is 11.4. The number of nitrogens with one attached hydrogen (secondary N) is 1. The minimum absolute atomic E-state index is 0.0922. The van der Waals surface area contributed by atoms with E-state index in [0.29, 0.717) is 25.5 Å². The summed E-state index contributed by atoms with van der Waals surface area (Å²) in [5, 5.41) is 2.85. The molecule has 0 fully saturated rings. The second-order valence-corrected chi connectivity index (χ2v) is 5.07. The Bertz CT molecular complexity index is 399. The van der Waals surface area contributed by atoms with Crippen LogP contribution in [0.2, 0.25) is 0 Å². The molecule has 0 aromatic heterocycles. The second kappa shape index (κ2) is 7.04. The van der Waals surface area contributed by atoms with Crippen LogP contribution in [0, 0.1) is 19.8 Å². The lowest BCUT2D eigenvalue weighted by Crippen LogP contribution is -2.28. The molecule has 0 saturated heterocycles. The lowest BCUT2D eigenvalue weighted by molar-refractivity contribution is -0.121. The van der Waals surface area contributed by atoms with Gasteiger partial charge in [-0.2, -0.15) is 0 Å². The topological polar surface area (TPSA) is 38.3 Å². The molecule has 0 aliphatic carbocycles. The van der Waals surface area contributed by atoms with Gasteiger partial charge in [0.05, 0.1) is 6.54 Å². The Morgan fingerprint density at radius 2 is 2.06 bits per heavy atom. The number of aryl methyl sites for hydroxylation is 2. The van der Waals surface area contributed by atoms with Crippen molar-refractivity contribution < 1.29 is 9.53 Å². The first-order chi connectivity index (χ1) is 8.49. The summed E-state index contributed by atoms with van der Waals surface area (Å²) in [7, 11) is 0. The van der Waals surface area contributed by atoms with Crippen LogP contribution in [-0.2, 0) is 4.79 Å². The Hall–Kier alpha value is -1.51. The third-order valence-electron chi connectivity index (χ3n) is 2.62. The minimum atomic E-state index is 0.0922. The fourth-order valence-corrected chi connectivity index (χ4v) is 1.66. The third kappa shape index (κ3) is 5.21. The van der Waals surface area contributed by atoms with Gasteiger partial charge in [-0.15, -0.1) is 0 Å². The van der Waals surface area contributed by atoms with Gasteiger partial charge >= 0.3 is 0 Å². The van der Waals surface area contributed by atoms with Crippen LogP contribution in [0.15, 0.2) is 18.2 Å². The number of benzene rings is 1. The zero-order chi connectivity index (χ0) is 13.5. The van der Waals surface area contributed by atoms with Gasteiger partial charge in [0.1, 0.15) is 12.4 Å². The average Bonchev–Trinajstić information content (AvgIpc) is 2.28. The summed E-state index contributed by atoms with van der Waals surface area (Å²) >= 11 is 0. The van der Waals surface area contributed by atoms with Crippen molar-refractivity contribution in [2.45, 2.75) is 34.1 Å². The molecule has 0 bridgehead atoms. The molecule has 3 nitrogen and oxygen atoms in total.